The van der Waals surface area contributed by atoms with Gasteiger partial charge in [-0.3, -0.25) is 4.79 Å². The summed E-state index contributed by atoms with van der Waals surface area (Å²) in [6.45, 7) is 9.05. The number of hydrogen-bond donors (Lipinski definition) is 3. The number of likely N-dealkylation sites (N-methyl/N-ethyl adjacent to an activating group) is 1. The van der Waals surface area contributed by atoms with Crippen LogP contribution in [0.25, 0.3) is 0 Å². The summed E-state index contributed by atoms with van der Waals surface area (Å²) in [5, 5.41) is 12.6. The summed E-state index contributed by atoms with van der Waals surface area (Å²) in [6, 6.07) is 0. The summed E-state index contributed by atoms with van der Waals surface area (Å²) in [5.74, 6) is 0.609. The summed E-state index contributed by atoms with van der Waals surface area (Å²) >= 11 is 0. The van der Waals surface area contributed by atoms with E-state index in [0.29, 0.717) is 11.6 Å². The molecule has 0 heterocycles. The van der Waals surface area contributed by atoms with Crippen LogP contribution in [0.1, 0.15) is 29.1 Å². The number of carbonyl (C=O) groups excluding carboxylic acids is 1. The molecular formula is C12H27N3O. The van der Waals surface area contributed by atoms with Crippen LogP contribution < -0.4 is 10.6 Å². The molecule has 4 nitrogen and oxygen atoms in total. The predicted octanol–water partition coefficient (Wildman–Crippen LogP) is 1.83. The van der Waals surface area contributed by atoms with E-state index in [2.05, 4.69) is 24.5 Å². The van der Waals surface area contributed by atoms with Gasteiger partial charge in [0.25, 0.3) is 0 Å². The molecule has 0 saturated carbocycles. The number of nitrogens with one attached hydrogen (secondary N) is 3. The van der Waals surface area contributed by atoms with Crippen molar-refractivity contribution in [3.63, 3.8) is 0 Å². The van der Waals surface area contributed by atoms with Crippen LogP contribution in [0.4, 0.5) is 0 Å². The van der Waals surface area contributed by atoms with Crippen molar-refractivity contribution in [2.75, 3.05) is 20.1 Å². The molecule has 96 valence electrons. The van der Waals surface area contributed by atoms with Gasteiger partial charge in [-0.05, 0) is 26.0 Å². The lowest BCUT2D eigenvalue weighted by molar-refractivity contribution is -0.119. The number of rotatable bonds is 5. The standard InChI is InChI=1S/C6H12N2.C6H13NO.H2/c1-6(7)4-3-5-8-2;1-5(2)4-7-6(3)8;/h3-4,7-8H,5H2,1-2H3;5H,4H2,1-3H3,(H,7,8);1H/b4-3-,7-6?;;. The lowest BCUT2D eigenvalue weighted by atomic mass is 10.2. The maximum absolute atomic E-state index is 10.2. The molecule has 0 aromatic heterocycles. The third kappa shape index (κ3) is 23.0. The van der Waals surface area contributed by atoms with E-state index >= 15 is 0 Å². The van der Waals surface area contributed by atoms with Crippen LogP contribution >= 0.6 is 0 Å². The van der Waals surface area contributed by atoms with Crippen molar-refractivity contribution in [2.24, 2.45) is 5.92 Å². The Morgan fingerprint density at radius 2 is 2.00 bits per heavy atom. The number of allylic oxidation sites excluding steroid dienone is 1. The Hall–Kier alpha value is -1.16. The van der Waals surface area contributed by atoms with Gasteiger partial charge < -0.3 is 16.0 Å². The Morgan fingerprint density at radius 3 is 2.25 bits per heavy atom. The van der Waals surface area contributed by atoms with Gasteiger partial charge >= 0.3 is 0 Å². The van der Waals surface area contributed by atoms with Crippen molar-refractivity contribution >= 4 is 11.6 Å². The summed E-state index contributed by atoms with van der Waals surface area (Å²) in [6.07, 6.45) is 3.69. The molecule has 0 fully saturated rings. The second-order valence-corrected chi connectivity index (χ2v) is 3.97. The lowest BCUT2D eigenvalue weighted by Crippen LogP contribution is -2.24. The van der Waals surface area contributed by atoms with E-state index in [1.165, 1.54) is 6.92 Å². The monoisotopic (exact) mass is 229 g/mol. The third-order valence-electron chi connectivity index (χ3n) is 1.45. The molecule has 16 heavy (non-hydrogen) atoms. The maximum Gasteiger partial charge on any atom is 0.216 e. The van der Waals surface area contributed by atoms with E-state index in [0.717, 1.165) is 13.1 Å². The van der Waals surface area contributed by atoms with Gasteiger partial charge in [0.15, 0.2) is 0 Å². The van der Waals surface area contributed by atoms with Gasteiger partial charge in [-0.2, -0.15) is 0 Å². The second-order valence-electron chi connectivity index (χ2n) is 3.97. The van der Waals surface area contributed by atoms with E-state index in [9.17, 15) is 4.79 Å². The second kappa shape index (κ2) is 11.9. The van der Waals surface area contributed by atoms with Gasteiger partial charge in [-0.15, -0.1) is 0 Å². The van der Waals surface area contributed by atoms with E-state index in [-0.39, 0.29) is 7.33 Å². The molecule has 0 bridgehead atoms. The Bertz CT molecular complexity index is 228. The highest BCUT2D eigenvalue weighted by molar-refractivity contribution is 5.89. The fraction of sp³-hybridized carbons (Fsp3) is 0.667. The van der Waals surface area contributed by atoms with Crippen LogP contribution in [0.3, 0.4) is 0 Å². The number of carbonyl (C=O) groups is 1. The molecule has 1 amide bonds. The molecular weight excluding hydrogens is 202 g/mol. The number of amides is 1. The van der Waals surface area contributed by atoms with Gasteiger partial charge in [-0.1, -0.05) is 19.9 Å². The molecule has 4 heteroatoms. The molecule has 3 N–H and O–H groups in total. The zero-order chi connectivity index (χ0) is 13.0. The van der Waals surface area contributed by atoms with Crippen LogP contribution in [0.2, 0.25) is 0 Å². The fourth-order valence-electron chi connectivity index (χ4n) is 0.701. The highest BCUT2D eigenvalue weighted by Gasteiger charge is 1.92. The van der Waals surface area contributed by atoms with Crippen LogP contribution in [0.15, 0.2) is 12.2 Å². The first-order valence-corrected chi connectivity index (χ1v) is 5.50. The normalized spacial score (nSPS) is 9.88. The first-order valence-electron chi connectivity index (χ1n) is 5.50. The SMILES string of the molecule is CC(=O)NCC(C)C.CNC/C=C\C(C)=N.[HH]. The molecule has 0 radical (unpaired) electrons. The maximum atomic E-state index is 10.2. The summed E-state index contributed by atoms with van der Waals surface area (Å²) in [5.41, 5.74) is 0.597. The minimum absolute atomic E-state index is 0. The molecule has 0 aliphatic heterocycles. The van der Waals surface area contributed by atoms with Gasteiger partial charge in [0.2, 0.25) is 5.91 Å². The Labute approximate surface area is 101 Å². The molecule has 0 aliphatic carbocycles. The fourth-order valence-corrected chi connectivity index (χ4v) is 0.701. The first-order chi connectivity index (χ1) is 7.40. The smallest absolute Gasteiger partial charge is 0.216 e. The van der Waals surface area contributed by atoms with Crippen molar-refractivity contribution in [2.45, 2.75) is 27.7 Å². The van der Waals surface area contributed by atoms with Crippen molar-refractivity contribution in [1.29, 1.82) is 5.41 Å². The van der Waals surface area contributed by atoms with Gasteiger partial charge in [-0.25, -0.2) is 0 Å². The third-order valence-corrected chi connectivity index (χ3v) is 1.45. The quantitative estimate of drug-likeness (QED) is 0.630. The average Bonchev–Trinajstić information content (AvgIpc) is 2.16. The topological polar surface area (TPSA) is 65.0 Å². The van der Waals surface area contributed by atoms with E-state index in [1.807, 2.05) is 13.1 Å². The number of hydrogen-bond acceptors (Lipinski definition) is 3. The Balaban J connectivity index is -0.000000218. The average molecular weight is 229 g/mol. The van der Waals surface area contributed by atoms with Crippen LogP contribution in [-0.4, -0.2) is 31.8 Å². The highest BCUT2D eigenvalue weighted by Crippen LogP contribution is 1.85. The van der Waals surface area contributed by atoms with Crippen molar-refractivity contribution < 1.29 is 6.22 Å². The summed E-state index contributed by atoms with van der Waals surface area (Å²) in [4.78, 5) is 10.2. The van der Waals surface area contributed by atoms with Crippen molar-refractivity contribution in [1.82, 2.24) is 10.6 Å². The van der Waals surface area contributed by atoms with Gasteiger partial charge in [0.05, 0.1) is 0 Å². The first kappa shape index (κ1) is 17.2. The molecule has 0 rings (SSSR count). The van der Waals surface area contributed by atoms with Gasteiger partial charge in [0, 0.05) is 27.2 Å². The minimum atomic E-state index is 0. The van der Waals surface area contributed by atoms with Crippen LogP contribution in [-0.2, 0) is 4.79 Å². The van der Waals surface area contributed by atoms with E-state index in [4.69, 9.17) is 5.41 Å². The summed E-state index contributed by atoms with van der Waals surface area (Å²) < 4.78 is 0. The molecule has 0 aromatic carbocycles. The van der Waals surface area contributed by atoms with Crippen LogP contribution in [0.5, 0.6) is 0 Å². The van der Waals surface area contributed by atoms with E-state index in [1.54, 1.807) is 13.0 Å². The molecule has 0 spiro atoms. The molecule has 0 saturated heterocycles. The zero-order valence-electron chi connectivity index (χ0n) is 11.1. The summed E-state index contributed by atoms with van der Waals surface area (Å²) in [7, 11) is 1.88. The largest absolute Gasteiger partial charge is 0.356 e. The zero-order valence-corrected chi connectivity index (χ0v) is 11.1. The highest BCUT2D eigenvalue weighted by atomic mass is 16.1. The predicted molar refractivity (Wildman–Crippen MR) is 72.1 cm³/mol. The molecule has 0 unspecified atom stereocenters. The van der Waals surface area contributed by atoms with E-state index < -0.39 is 0 Å². The van der Waals surface area contributed by atoms with Crippen molar-refractivity contribution in [3.8, 4) is 0 Å². The van der Waals surface area contributed by atoms with Crippen LogP contribution in [0, 0.1) is 11.3 Å². The van der Waals surface area contributed by atoms with Crippen molar-refractivity contribution in [3.05, 3.63) is 12.2 Å². The molecule has 0 atom stereocenters. The Morgan fingerprint density at radius 1 is 1.44 bits per heavy atom. The molecule has 0 aromatic rings. The Kier molecular flexibility index (Phi) is 12.8. The minimum Gasteiger partial charge on any atom is -0.356 e. The van der Waals surface area contributed by atoms with Gasteiger partial charge in [0.1, 0.15) is 0 Å². The molecule has 0 aliphatic rings. The lowest BCUT2D eigenvalue weighted by Gasteiger charge is -2.02.